The zero-order valence-electron chi connectivity index (χ0n) is 8.48. The van der Waals surface area contributed by atoms with Gasteiger partial charge in [0.2, 0.25) is 0 Å². The number of benzene rings is 1. The van der Waals surface area contributed by atoms with Gasteiger partial charge in [-0.15, -0.1) is 12.4 Å². The smallest absolute Gasteiger partial charge is 0.274 e. The lowest BCUT2D eigenvalue weighted by Gasteiger charge is -2.10. The molecule has 0 saturated carbocycles. The summed E-state index contributed by atoms with van der Waals surface area (Å²) in [6, 6.07) is 3.52. The predicted octanol–water partition coefficient (Wildman–Crippen LogP) is 2.58. The van der Waals surface area contributed by atoms with E-state index in [1.165, 1.54) is 12.1 Å². The summed E-state index contributed by atoms with van der Waals surface area (Å²) >= 11 is 0. The molecule has 0 unspecified atom stereocenters. The average Bonchev–Trinajstić information content (AvgIpc) is 2.69. The number of halogens is 2. The van der Waals surface area contributed by atoms with Crippen molar-refractivity contribution in [2.45, 2.75) is 18.9 Å². The molecule has 1 saturated heterocycles. The Balaban J connectivity index is 0.00000128. The van der Waals surface area contributed by atoms with Crippen molar-refractivity contribution in [3.63, 3.8) is 0 Å². The average molecular weight is 247 g/mol. The molecule has 0 spiro atoms. The van der Waals surface area contributed by atoms with Crippen LogP contribution >= 0.6 is 12.4 Å². The fraction of sp³-hybridized carbons (Fsp3) is 0.400. The zero-order chi connectivity index (χ0) is 10.8. The van der Waals surface area contributed by atoms with Crippen LogP contribution in [-0.2, 0) is 0 Å². The van der Waals surface area contributed by atoms with Crippen LogP contribution in [0.5, 0.6) is 0 Å². The van der Waals surface area contributed by atoms with Crippen molar-refractivity contribution in [2.75, 3.05) is 6.54 Å². The van der Waals surface area contributed by atoms with Crippen molar-refractivity contribution in [2.24, 2.45) is 0 Å². The van der Waals surface area contributed by atoms with Crippen molar-refractivity contribution in [3.05, 3.63) is 39.7 Å². The van der Waals surface area contributed by atoms with E-state index < -0.39 is 10.7 Å². The minimum Gasteiger partial charge on any atom is -0.310 e. The molecule has 6 heteroatoms. The Hall–Kier alpha value is -1.20. The lowest BCUT2D eigenvalue weighted by molar-refractivity contribution is -0.385. The molecule has 1 heterocycles. The molecule has 0 aromatic heterocycles. The van der Waals surface area contributed by atoms with Crippen molar-refractivity contribution >= 4 is 18.1 Å². The molecule has 0 amide bonds. The zero-order valence-corrected chi connectivity index (χ0v) is 9.30. The molecule has 1 atom stereocenters. The van der Waals surface area contributed by atoms with Gasteiger partial charge in [-0.1, -0.05) is 0 Å². The van der Waals surface area contributed by atoms with Crippen LogP contribution in [-0.4, -0.2) is 11.5 Å². The number of nitro benzene ring substituents is 1. The second-order valence-electron chi connectivity index (χ2n) is 3.61. The minimum atomic E-state index is -0.464. The van der Waals surface area contributed by atoms with Crippen LogP contribution in [0.15, 0.2) is 18.2 Å². The molecule has 1 fully saturated rings. The van der Waals surface area contributed by atoms with Gasteiger partial charge in [0.25, 0.3) is 5.69 Å². The second-order valence-corrected chi connectivity index (χ2v) is 3.61. The highest BCUT2D eigenvalue weighted by molar-refractivity contribution is 5.85. The SMILES string of the molecule is Cl.O=[N+]([O-])c1ccc(F)cc1[C@@H]1CCCN1. The monoisotopic (exact) mass is 246 g/mol. The summed E-state index contributed by atoms with van der Waals surface area (Å²) in [5.41, 5.74) is 0.452. The molecular weight excluding hydrogens is 235 g/mol. The maximum Gasteiger partial charge on any atom is 0.274 e. The van der Waals surface area contributed by atoms with Crippen LogP contribution in [0.25, 0.3) is 0 Å². The summed E-state index contributed by atoms with van der Waals surface area (Å²) in [5, 5.41) is 13.9. The number of rotatable bonds is 2. The molecule has 0 aliphatic carbocycles. The first-order valence-corrected chi connectivity index (χ1v) is 4.85. The third kappa shape index (κ3) is 2.48. The molecule has 16 heavy (non-hydrogen) atoms. The van der Waals surface area contributed by atoms with Crippen LogP contribution in [0.4, 0.5) is 10.1 Å². The first-order chi connectivity index (χ1) is 7.18. The number of nitrogens with zero attached hydrogens (tertiary/aromatic N) is 1. The number of nitrogens with one attached hydrogen (secondary N) is 1. The Morgan fingerprint density at radius 2 is 2.25 bits per heavy atom. The lowest BCUT2D eigenvalue weighted by Crippen LogP contribution is -2.14. The Morgan fingerprint density at radius 1 is 1.50 bits per heavy atom. The van der Waals surface area contributed by atoms with Crippen molar-refractivity contribution in [1.29, 1.82) is 0 Å². The van der Waals surface area contributed by atoms with E-state index in [9.17, 15) is 14.5 Å². The normalized spacial score (nSPS) is 19.2. The Labute approximate surface area is 98.4 Å². The summed E-state index contributed by atoms with van der Waals surface area (Å²) in [7, 11) is 0. The van der Waals surface area contributed by atoms with Gasteiger partial charge >= 0.3 is 0 Å². The molecule has 1 aliphatic rings. The third-order valence-electron chi connectivity index (χ3n) is 2.62. The molecule has 1 N–H and O–H groups in total. The Bertz CT molecular complexity index is 394. The molecule has 2 rings (SSSR count). The van der Waals surface area contributed by atoms with E-state index >= 15 is 0 Å². The van der Waals surface area contributed by atoms with Gasteiger partial charge in [0, 0.05) is 17.7 Å². The van der Waals surface area contributed by atoms with E-state index in [1.54, 1.807) is 0 Å². The topological polar surface area (TPSA) is 55.2 Å². The largest absolute Gasteiger partial charge is 0.310 e. The highest BCUT2D eigenvalue weighted by Gasteiger charge is 2.24. The van der Waals surface area contributed by atoms with Crippen LogP contribution in [0.3, 0.4) is 0 Å². The second kappa shape index (κ2) is 5.23. The maximum atomic E-state index is 13.0. The summed E-state index contributed by atoms with van der Waals surface area (Å²) in [4.78, 5) is 10.3. The van der Waals surface area contributed by atoms with E-state index in [-0.39, 0.29) is 24.1 Å². The van der Waals surface area contributed by atoms with Crippen molar-refractivity contribution in [1.82, 2.24) is 5.32 Å². The molecule has 1 aromatic carbocycles. The molecule has 1 aromatic rings. The molecule has 4 nitrogen and oxygen atoms in total. The summed E-state index contributed by atoms with van der Waals surface area (Å²) in [5.74, 6) is -0.427. The maximum absolute atomic E-state index is 13.0. The highest BCUT2D eigenvalue weighted by atomic mass is 35.5. The van der Waals surface area contributed by atoms with Gasteiger partial charge < -0.3 is 5.32 Å². The predicted molar refractivity (Wildman–Crippen MR) is 60.3 cm³/mol. The van der Waals surface area contributed by atoms with E-state index in [0.29, 0.717) is 5.56 Å². The van der Waals surface area contributed by atoms with Gasteiger partial charge in [0.1, 0.15) is 5.82 Å². The van der Waals surface area contributed by atoms with Crippen molar-refractivity contribution in [3.8, 4) is 0 Å². The first kappa shape index (κ1) is 12.9. The van der Waals surface area contributed by atoms with Gasteiger partial charge in [-0.05, 0) is 31.5 Å². The molecule has 88 valence electrons. The fourth-order valence-electron chi connectivity index (χ4n) is 1.92. The van der Waals surface area contributed by atoms with E-state index in [0.717, 1.165) is 25.5 Å². The fourth-order valence-corrected chi connectivity index (χ4v) is 1.92. The molecule has 0 radical (unpaired) electrons. The Morgan fingerprint density at radius 3 is 2.81 bits per heavy atom. The molecule has 0 bridgehead atoms. The van der Waals surface area contributed by atoms with E-state index in [4.69, 9.17) is 0 Å². The van der Waals surface area contributed by atoms with Gasteiger partial charge in [0.05, 0.1) is 4.92 Å². The van der Waals surface area contributed by atoms with Crippen LogP contribution < -0.4 is 5.32 Å². The summed E-state index contributed by atoms with van der Waals surface area (Å²) in [6.07, 6.45) is 1.79. The molecular formula is C10H12ClFN2O2. The van der Waals surface area contributed by atoms with Crippen LogP contribution in [0.2, 0.25) is 0 Å². The van der Waals surface area contributed by atoms with Gasteiger partial charge in [-0.25, -0.2) is 4.39 Å². The quantitative estimate of drug-likeness (QED) is 0.645. The number of nitro groups is 1. The number of hydrogen-bond acceptors (Lipinski definition) is 3. The standard InChI is InChI=1S/C10H11FN2O2.ClH/c11-7-3-4-10(13(14)15)8(6-7)9-2-1-5-12-9;/h3-4,6,9,12H,1-2,5H2;1H/t9-;/m0./s1. The van der Waals surface area contributed by atoms with E-state index in [2.05, 4.69) is 5.32 Å². The van der Waals surface area contributed by atoms with Gasteiger partial charge in [0.15, 0.2) is 0 Å². The Kier molecular flexibility index (Phi) is 4.20. The summed E-state index contributed by atoms with van der Waals surface area (Å²) in [6.45, 7) is 0.832. The summed E-state index contributed by atoms with van der Waals surface area (Å²) < 4.78 is 13.0. The number of hydrogen-bond donors (Lipinski definition) is 1. The highest BCUT2D eigenvalue weighted by Crippen LogP contribution is 2.31. The lowest BCUT2D eigenvalue weighted by atomic mass is 10.0. The van der Waals surface area contributed by atoms with Crippen molar-refractivity contribution < 1.29 is 9.31 Å². The van der Waals surface area contributed by atoms with Crippen LogP contribution in [0.1, 0.15) is 24.4 Å². The molecule has 1 aliphatic heterocycles. The first-order valence-electron chi connectivity index (χ1n) is 4.85. The van der Waals surface area contributed by atoms with Gasteiger partial charge in [-0.2, -0.15) is 0 Å². The van der Waals surface area contributed by atoms with Crippen LogP contribution in [0, 0.1) is 15.9 Å². The van der Waals surface area contributed by atoms with Gasteiger partial charge in [-0.3, -0.25) is 10.1 Å². The minimum absolute atomic E-state index is 0. The van der Waals surface area contributed by atoms with E-state index in [1.807, 2.05) is 0 Å². The third-order valence-corrected chi connectivity index (χ3v) is 2.62.